The molecule has 2 rings (SSSR count). The maximum absolute atomic E-state index is 11.2. The van der Waals surface area contributed by atoms with Gasteiger partial charge in [-0.25, -0.2) is 13.1 Å². The lowest BCUT2D eigenvalue weighted by molar-refractivity contribution is 0.134. The van der Waals surface area contributed by atoms with Crippen LogP contribution >= 0.6 is 0 Å². The zero-order valence-electron chi connectivity index (χ0n) is 13.0. The van der Waals surface area contributed by atoms with E-state index >= 15 is 0 Å². The van der Waals surface area contributed by atoms with Crippen LogP contribution in [0.5, 0.6) is 0 Å². The summed E-state index contributed by atoms with van der Waals surface area (Å²) in [4.78, 5) is 6.68. The second kappa shape index (κ2) is 6.41. The van der Waals surface area contributed by atoms with Crippen molar-refractivity contribution in [2.75, 3.05) is 19.3 Å². The lowest BCUT2D eigenvalue weighted by Gasteiger charge is -2.34. The number of nitrogens with zero attached hydrogens (tertiary/aromatic N) is 3. The van der Waals surface area contributed by atoms with Crippen LogP contribution in [0.4, 0.5) is 0 Å². The number of piperidine rings is 1. The molecule has 1 aliphatic heterocycles. The summed E-state index contributed by atoms with van der Waals surface area (Å²) in [6, 6.07) is 0.0848. The highest BCUT2D eigenvalue weighted by Gasteiger charge is 2.28. The molecule has 0 bridgehead atoms. The lowest BCUT2D eigenvalue weighted by atomic mass is 10.0. The van der Waals surface area contributed by atoms with Crippen LogP contribution in [-0.4, -0.2) is 48.8 Å². The molecule has 1 N–H and O–H groups in total. The second-order valence-corrected chi connectivity index (χ2v) is 7.80. The second-order valence-electron chi connectivity index (χ2n) is 6.02. The van der Waals surface area contributed by atoms with Crippen LogP contribution in [0.15, 0.2) is 4.52 Å². The average Bonchev–Trinajstić information content (AvgIpc) is 2.86. The summed E-state index contributed by atoms with van der Waals surface area (Å²) in [5.74, 6) is 1.61. The normalized spacial score (nSPS) is 20.0. The van der Waals surface area contributed by atoms with Gasteiger partial charge in [0.1, 0.15) is 0 Å². The Morgan fingerprint density at radius 1 is 1.29 bits per heavy atom. The number of likely N-dealkylation sites (tertiary alicyclic amines) is 1. The largest absolute Gasteiger partial charge is 0.338 e. The maximum Gasteiger partial charge on any atom is 0.243 e. The first-order valence-corrected chi connectivity index (χ1v) is 9.20. The first kappa shape index (κ1) is 16.4. The molecule has 1 aliphatic rings. The third-order valence-corrected chi connectivity index (χ3v) is 4.55. The molecule has 1 fully saturated rings. The van der Waals surface area contributed by atoms with Gasteiger partial charge in [-0.2, -0.15) is 4.98 Å². The van der Waals surface area contributed by atoms with E-state index in [0.717, 1.165) is 31.8 Å². The fourth-order valence-electron chi connectivity index (χ4n) is 2.51. The summed E-state index contributed by atoms with van der Waals surface area (Å²) in [7, 11) is -3.13. The fourth-order valence-corrected chi connectivity index (χ4v) is 3.36. The van der Waals surface area contributed by atoms with Gasteiger partial charge in [-0.05, 0) is 19.8 Å². The fraction of sp³-hybridized carbons (Fsp3) is 0.846. The van der Waals surface area contributed by atoms with Gasteiger partial charge in [0, 0.05) is 25.0 Å². The minimum absolute atomic E-state index is 0.0253. The van der Waals surface area contributed by atoms with Crippen LogP contribution in [0, 0.1) is 0 Å². The van der Waals surface area contributed by atoms with Gasteiger partial charge in [-0.15, -0.1) is 0 Å². The first-order valence-electron chi connectivity index (χ1n) is 7.31. The summed E-state index contributed by atoms with van der Waals surface area (Å²) in [6.45, 7) is 7.73. The van der Waals surface area contributed by atoms with Crippen LogP contribution in [0.3, 0.4) is 0 Å². The number of aromatic nitrogens is 2. The first-order chi connectivity index (χ1) is 9.76. The lowest BCUT2D eigenvalue weighted by Crippen LogP contribution is -2.45. The van der Waals surface area contributed by atoms with Gasteiger partial charge in [0.2, 0.25) is 15.9 Å². The minimum atomic E-state index is -3.13. The monoisotopic (exact) mass is 316 g/mol. The minimum Gasteiger partial charge on any atom is -0.338 e. The van der Waals surface area contributed by atoms with Gasteiger partial charge in [0.15, 0.2) is 5.82 Å². The highest BCUT2D eigenvalue weighted by Crippen LogP contribution is 2.24. The molecule has 0 aliphatic carbocycles. The van der Waals surface area contributed by atoms with Gasteiger partial charge in [0.05, 0.1) is 12.3 Å². The Morgan fingerprint density at radius 2 is 1.90 bits per heavy atom. The number of hydrogen-bond acceptors (Lipinski definition) is 6. The molecule has 1 aromatic heterocycles. The molecule has 0 saturated carbocycles. The third-order valence-electron chi connectivity index (χ3n) is 3.79. The van der Waals surface area contributed by atoms with Crippen molar-refractivity contribution in [3.05, 3.63) is 11.7 Å². The molecule has 120 valence electrons. The van der Waals surface area contributed by atoms with Crippen LogP contribution in [0.25, 0.3) is 0 Å². The van der Waals surface area contributed by atoms with Crippen LogP contribution in [-0.2, 0) is 10.0 Å². The van der Waals surface area contributed by atoms with E-state index in [1.165, 1.54) is 6.26 Å². The van der Waals surface area contributed by atoms with E-state index in [1.807, 2.05) is 20.8 Å². The highest BCUT2D eigenvalue weighted by molar-refractivity contribution is 7.88. The summed E-state index contributed by atoms with van der Waals surface area (Å²) in [5.41, 5.74) is 0. The standard InChI is InChI=1S/C13H24N4O3S/c1-9(2)12-14-13(20-15-12)10(3)17-7-5-11(6-8-17)16-21(4,18)19/h9-11,16H,5-8H2,1-4H3/t10-/m1/s1. The Kier molecular flexibility index (Phi) is 5.00. The Labute approximate surface area is 126 Å². The van der Waals surface area contributed by atoms with Gasteiger partial charge >= 0.3 is 0 Å². The molecule has 1 atom stereocenters. The Hall–Kier alpha value is -0.990. The molecule has 0 radical (unpaired) electrons. The SMILES string of the molecule is CC(C)c1noc([C@@H](C)N2CCC(NS(C)(=O)=O)CC2)n1. The molecule has 1 saturated heterocycles. The molecule has 0 spiro atoms. The highest BCUT2D eigenvalue weighted by atomic mass is 32.2. The molecular formula is C13H24N4O3S. The van der Waals surface area contributed by atoms with Crippen molar-refractivity contribution in [1.29, 1.82) is 0 Å². The smallest absolute Gasteiger partial charge is 0.243 e. The Bertz CT molecular complexity index is 562. The average molecular weight is 316 g/mol. The number of hydrogen-bond donors (Lipinski definition) is 1. The van der Waals surface area contributed by atoms with E-state index in [-0.39, 0.29) is 18.0 Å². The van der Waals surface area contributed by atoms with E-state index < -0.39 is 10.0 Å². The molecule has 2 heterocycles. The number of sulfonamides is 1. The van der Waals surface area contributed by atoms with Gasteiger partial charge in [-0.1, -0.05) is 19.0 Å². The molecule has 8 heteroatoms. The van der Waals surface area contributed by atoms with Crippen LogP contribution in [0.2, 0.25) is 0 Å². The molecule has 1 aromatic rings. The Morgan fingerprint density at radius 3 is 2.38 bits per heavy atom. The van der Waals surface area contributed by atoms with Gasteiger partial charge in [0.25, 0.3) is 0 Å². The molecule has 7 nitrogen and oxygen atoms in total. The summed E-state index contributed by atoms with van der Waals surface area (Å²) in [6.07, 6.45) is 2.79. The van der Waals surface area contributed by atoms with Crippen LogP contribution < -0.4 is 4.72 Å². The molecular weight excluding hydrogens is 292 g/mol. The predicted molar refractivity (Wildman–Crippen MR) is 79.4 cm³/mol. The third kappa shape index (κ3) is 4.49. The van der Waals surface area contributed by atoms with E-state index in [1.54, 1.807) is 0 Å². The molecule has 0 aromatic carbocycles. The van der Waals surface area contributed by atoms with Crippen molar-refractivity contribution in [1.82, 2.24) is 19.8 Å². The van der Waals surface area contributed by atoms with E-state index in [0.29, 0.717) is 5.89 Å². The van der Waals surface area contributed by atoms with Gasteiger partial charge in [-0.3, -0.25) is 4.90 Å². The maximum atomic E-state index is 11.2. The van der Waals surface area contributed by atoms with E-state index in [9.17, 15) is 8.42 Å². The van der Waals surface area contributed by atoms with Crippen molar-refractivity contribution < 1.29 is 12.9 Å². The van der Waals surface area contributed by atoms with E-state index in [2.05, 4.69) is 19.8 Å². The van der Waals surface area contributed by atoms with Crippen molar-refractivity contribution in [2.45, 2.75) is 51.6 Å². The molecule has 0 amide bonds. The zero-order chi connectivity index (χ0) is 15.6. The summed E-state index contributed by atoms with van der Waals surface area (Å²) >= 11 is 0. The summed E-state index contributed by atoms with van der Waals surface area (Å²) in [5, 5.41) is 3.99. The molecule has 21 heavy (non-hydrogen) atoms. The number of nitrogens with one attached hydrogen (secondary N) is 1. The van der Waals surface area contributed by atoms with Crippen molar-refractivity contribution in [3.63, 3.8) is 0 Å². The zero-order valence-corrected chi connectivity index (χ0v) is 13.9. The number of rotatable bonds is 5. The van der Waals surface area contributed by atoms with Crippen molar-refractivity contribution >= 4 is 10.0 Å². The topological polar surface area (TPSA) is 88.3 Å². The van der Waals surface area contributed by atoms with Crippen LogP contribution in [0.1, 0.15) is 57.3 Å². The quantitative estimate of drug-likeness (QED) is 0.880. The van der Waals surface area contributed by atoms with Crippen molar-refractivity contribution in [3.8, 4) is 0 Å². The molecule has 0 unspecified atom stereocenters. The van der Waals surface area contributed by atoms with Crippen molar-refractivity contribution in [2.24, 2.45) is 0 Å². The summed E-state index contributed by atoms with van der Waals surface area (Å²) < 4.78 is 30.5. The Balaban J connectivity index is 1.92. The van der Waals surface area contributed by atoms with E-state index in [4.69, 9.17) is 4.52 Å². The van der Waals surface area contributed by atoms with Gasteiger partial charge < -0.3 is 4.52 Å². The predicted octanol–water partition coefficient (Wildman–Crippen LogP) is 1.27.